The van der Waals surface area contributed by atoms with E-state index < -0.39 is 0 Å². The minimum Gasteiger partial charge on any atom is -0.496 e. The van der Waals surface area contributed by atoms with Gasteiger partial charge in [-0.15, -0.1) is 0 Å². The molecule has 3 aliphatic heterocycles. The fourth-order valence-corrected chi connectivity index (χ4v) is 4.71. The van der Waals surface area contributed by atoms with Gasteiger partial charge < -0.3 is 30.1 Å². The molecule has 2 aromatic rings. The number of pyridine rings is 2. The Kier molecular flexibility index (Phi) is 6.79. The van der Waals surface area contributed by atoms with Gasteiger partial charge in [0.15, 0.2) is 5.82 Å². The maximum absolute atomic E-state index is 8.91. The Hall–Kier alpha value is -2.16. The Morgan fingerprint density at radius 1 is 1.06 bits per heavy atom. The number of ether oxygens (including phenoxy) is 2. The zero-order chi connectivity index (χ0) is 22.0. The molecule has 2 bridgehead atoms. The fraction of sp³-hybridized carbons (Fsp3) is 0.524. The van der Waals surface area contributed by atoms with Crippen molar-refractivity contribution in [1.82, 2.24) is 9.97 Å². The first-order chi connectivity index (χ1) is 15.0. The molecule has 0 aromatic carbocycles. The molecule has 8 nitrogen and oxygen atoms in total. The second-order valence-corrected chi connectivity index (χ2v) is 8.56. The molecule has 0 aliphatic carbocycles. The van der Waals surface area contributed by atoms with E-state index in [1.165, 1.54) is 0 Å². The lowest BCUT2D eigenvalue weighted by molar-refractivity contribution is 0.275. The normalized spacial score (nSPS) is 20.5. The quantitative estimate of drug-likeness (QED) is 0.587. The number of aromatic nitrogens is 2. The Morgan fingerprint density at radius 3 is 2.48 bits per heavy atom. The summed E-state index contributed by atoms with van der Waals surface area (Å²) in [4.78, 5) is 10.8. The van der Waals surface area contributed by atoms with Crippen molar-refractivity contribution < 1.29 is 14.6 Å². The summed E-state index contributed by atoms with van der Waals surface area (Å²) in [6.07, 6.45) is 3.76. The average molecular weight is 468 g/mol. The highest BCUT2D eigenvalue weighted by molar-refractivity contribution is 6.30. The molecule has 0 spiro atoms. The molecule has 1 saturated heterocycles. The van der Waals surface area contributed by atoms with Gasteiger partial charge in [0.2, 0.25) is 0 Å². The number of rotatable bonds is 4. The third kappa shape index (κ3) is 4.71. The van der Waals surface area contributed by atoms with Gasteiger partial charge in [0, 0.05) is 49.5 Å². The van der Waals surface area contributed by atoms with E-state index in [1.807, 2.05) is 0 Å². The SMILES string of the molecule is COc1cc(Cl)nc2c1CC[C@H](CCO)N2.COc1cc(Cl)nc2c1N1CC[C@@H](C1)N2. The maximum Gasteiger partial charge on any atom is 0.155 e. The number of nitrogens with one attached hydrogen (secondary N) is 2. The summed E-state index contributed by atoms with van der Waals surface area (Å²) in [5, 5.41) is 16.5. The molecule has 5 rings (SSSR count). The minimum atomic E-state index is 0.185. The zero-order valence-corrected chi connectivity index (χ0v) is 19.1. The molecule has 1 fully saturated rings. The molecule has 3 N–H and O–H groups in total. The van der Waals surface area contributed by atoms with E-state index in [0.717, 1.165) is 73.2 Å². The molecule has 2 atom stereocenters. The van der Waals surface area contributed by atoms with Gasteiger partial charge in [-0.1, -0.05) is 23.2 Å². The van der Waals surface area contributed by atoms with Crippen molar-refractivity contribution in [3.8, 4) is 11.5 Å². The van der Waals surface area contributed by atoms with Crippen LogP contribution in [0.5, 0.6) is 11.5 Å². The topological polar surface area (TPSA) is 91.8 Å². The van der Waals surface area contributed by atoms with Crippen molar-refractivity contribution in [2.45, 2.75) is 37.8 Å². The van der Waals surface area contributed by atoms with Crippen LogP contribution < -0.4 is 25.0 Å². The van der Waals surface area contributed by atoms with Gasteiger partial charge in [0.1, 0.15) is 33.3 Å². The Bertz CT molecular complexity index is 946. The molecule has 0 radical (unpaired) electrons. The Labute approximate surface area is 191 Å². The number of aliphatic hydroxyl groups excluding tert-OH is 1. The summed E-state index contributed by atoms with van der Waals surface area (Å²) >= 11 is 11.8. The fourth-order valence-electron chi connectivity index (χ4n) is 4.34. The highest BCUT2D eigenvalue weighted by atomic mass is 35.5. The first-order valence-electron chi connectivity index (χ1n) is 10.4. The van der Waals surface area contributed by atoms with Crippen LogP contribution >= 0.6 is 23.2 Å². The molecule has 0 unspecified atom stereocenters. The summed E-state index contributed by atoms with van der Waals surface area (Å²) in [7, 11) is 3.29. The molecule has 3 aliphatic rings. The number of hydrogen-bond donors (Lipinski definition) is 3. The van der Waals surface area contributed by atoms with E-state index in [9.17, 15) is 0 Å². The molecule has 31 heavy (non-hydrogen) atoms. The van der Waals surface area contributed by atoms with E-state index in [0.29, 0.717) is 16.3 Å². The number of nitrogens with zero attached hydrogens (tertiary/aromatic N) is 3. The standard InChI is InChI=1S/C11H15ClN2O2.C10H12ClN3O/c1-16-9-6-10(12)14-11-8(9)3-2-7(13-11)4-5-15;1-15-7-4-8(11)13-10-9(7)14-3-2-6(5-14)12-10/h6-7,15H,2-5H2,1H3,(H,13,14);4,6H,2-3,5H2,1H3,(H,12,13)/t7-;6-/m10/s1. The second-order valence-electron chi connectivity index (χ2n) is 7.79. The lowest BCUT2D eigenvalue weighted by Crippen LogP contribution is -2.32. The summed E-state index contributed by atoms with van der Waals surface area (Å²) in [5.74, 6) is 3.23. The maximum atomic E-state index is 8.91. The third-order valence-corrected chi connectivity index (χ3v) is 6.21. The van der Waals surface area contributed by atoms with Crippen LogP contribution in [0.1, 0.15) is 24.8 Å². The average Bonchev–Trinajstić information content (AvgIpc) is 3.13. The third-order valence-electron chi connectivity index (χ3n) is 5.82. The lowest BCUT2D eigenvalue weighted by Gasteiger charge is -2.29. The van der Waals surface area contributed by atoms with Gasteiger partial charge in [-0.25, -0.2) is 9.97 Å². The highest BCUT2D eigenvalue weighted by Crippen LogP contribution is 2.42. The van der Waals surface area contributed by atoms with Crippen LogP contribution in [0.15, 0.2) is 12.1 Å². The van der Waals surface area contributed by atoms with Crippen LogP contribution in [-0.2, 0) is 6.42 Å². The lowest BCUT2D eigenvalue weighted by atomic mass is 9.98. The minimum absolute atomic E-state index is 0.185. The second kappa shape index (κ2) is 9.54. The van der Waals surface area contributed by atoms with Crippen LogP contribution in [-0.4, -0.2) is 61.1 Å². The summed E-state index contributed by atoms with van der Waals surface area (Å²) in [6, 6.07) is 4.27. The smallest absolute Gasteiger partial charge is 0.155 e. The van der Waals surface area contributed by atoms with Gasteiger partial charge in [0.25, 0.3) is 0 Å². The summed E-state index contributed by atoms with van der Waals surface area (Å²) < 4.78 is 10.6. The Balaban J connectivity index is 0.000000149. The van der Waals surface area contributed by atoms with Crippen molar-refractivity contribution in [2.24, 2.45) is 0 Å². The van der Waals surface area contributed by atoms with E-state index in [4.69, 9.17) is 37.8 Å². The highest BCUT2D eigenvalue weighted by Gasteiger charge is 2.33. The first kappa shape index (κ1) is 22.0. The largest absolute Gasteiger partial charge is 0.496 e. The van der Waals surface area contributed by atoms with Crippen molar-refractivity contribution in [3.05, 3.63) is 28.0 Å². The molecule has 10 heteroatoms. The van der Waals surface area contributed by atoms with Crippen LogP contribution in [0.2, 0.25) is 10.3 Å². The van der Waals surface area contributed by atoms with Crippen molar-refractivity contribution in [2.75, 3.05) is 49.4 Å². The summed E-state index contributed by atoms with van der Waals surface area (Å²) in [6.45, 7) is 2.28. The molecular formula is C21H27Cl2N5O3. The number of aliphatic hydroxyl groups is 1. The van der Waals surface area contributed by atoms with Gasteiger partial charge in [0.05, 0.1) is 14.2 Å². The van der Waals surface area contributed by atoms with E-state index >= 15 is 0 Å². The molecular weight excluding hydrogens is 441 g/mol. The first-order valence-corrected chi connectivity index (χ1v) is 11.1. The Morgan fingerprint density at radius 2 is 1.77 bits per heavy atom. The van der Waals surface area contributed by atoms with Gasteiger partial charge in [-0.3, -0.25) is 0 Å². The molecule has 168 valence electrons. The van der Waals surface area contributed by atoms with E-state index in [-0.39, 0.29) is 12.6 Å². The van der Waals surface area contributed by atoms with Crippen molar-refractivity contribution in [3.63, 3.8) is 0 Å². The number of hydrogen-bond acceptors (Lipinski definition) is 8. The molecule has 0 amide bonds. The van der Waals surface area contributed by atoms with Crippen LogP contribution in [0.3, 0.4) is 0 Å². The molecule has 5 heterocycles. The number of methoxy groups -OCH3 is 2. The van der Waals surface area contributed by atoms with Crippen molar-refractivity contribution in [1.29, 1.82) is 0 Å². The number of anilines is 3. The van der Waals surface area contributed by atoms with Crippen LogP contribution in [0.4, 0.5) is 17.3 Å². The molecule has 0 saturated carbocycles. The predicted octanol–water partition coefficient (Wildman–Crippen LogP) is 3.60. The number of halogens is 2. The zero-order valence-electron chi connectivity index (χ0n) is 17.6. The monoisotopic (exact) mass is 467 g/mol. The number of fused-ring (bicyclic) bond motifs is 5. The van der Waals surface area contributed by atoms with Crippen LogP contribution in [0.25, 0.3) is 0 Å². The van der Waals surface area contributed by atoms with E-state index in [2.05, 4.69) is 25.5 Å². The van der Waals surface area contributed by atoms with Gasteiger partial charge in [-0.2, -0.15) is 0 Å². The van der Waals surface area contributed by atoms with Gasteiger partial charge in [-0.05, 0) is 25.7 Å². The summed E-state index contributed by atoms with van der Waals surface area (Å²) in [5.41, 5.74) is 2.12. The van der Waals surface area contributed by atoms with E-state index in [1.54, 1.807) is 26.4 Å². The van der Waals surface area contributed by atoms with Crippen LogP contribution in [0, 0.1) is 0 Å². The molecule has 2 aromatic heterocycles. The van der Waals surface area contributed by atoms with Crippen molar-refractivity contribution >= 4 is 40.5 Å². The predicted molar refractivity (Wildman–Crippen MR) is 123 cm³/mol. The van der Waals surface area contributed by atoms with Gasteiger partial charge >= 0.3 is 0 Å².